The Morgan fingerprint density at radius 2 is 1.76 bits per heavy atom. The summed E-state index contributed by atoms with van der Waals surface area (Å²) < 4.78 is 5.68. The number of allylic oxidation sites excluding steroid dienone is 2. The van der Waals surface area contributed by atoms with Crippen LogP contribution in [0.2, 0.25) is 5.02 Å². The van der Waals surface area contributed by atoms with Crippen LogP contribution >= 0.6 is 23.4 Å². The molecular formula is C29H27ClN4O3S. The Morgan fingerprint density at radius 3 is 2.42 bits per heavy atom. The fourth-order valence-electron chi connectivity index (χ4n) is 4.33. The van der Waals surface area contributed by atoms with Crippen molar-refractivity contribution in [3.63, 3.8) is 0 Å². The quantitative estimate of drug-likeness (QED) is 0.309. The van der Waals surface area contributed by atoms with Crippen molar-refractivity contribution in [2.24, 2.45) is 0 Å². The number of thioether (sulfide) groups is 1. The highest BCUT2D eigenvalue weighted by molar-refractivity contribution is 8.03. The number of hydrogen-bond acceptors (Lipinski definition) is 6. The van der Waals surface area contributed by atoms with Gasteiger partial charge in [0.25, 0.3) is 5.91 Å². The van der Waals surface area contributed by atoms with Crippen LogP contribution in [0.3, 0.4) is 0 Å². The minimum Gasteiger partial charge on any atom is -0.468 e. The lowest BCUT2D eigenvalue weighted by atomic mass is 9.85. The molecule has 194 valence electrons. The molecular weight excluding hydrogens is 520 g/mol. The van der Waals surface area contributed by atoms with Crippen molar-refractivity contribution in [2.75, 3.05) is 16.4 Å². The van der Waals surface area contributed by atoms with E-state index >= 15 is 0 Å². The molecule has 0 spiro atoms. The zero-order valence-corrected chi connectivity index (χ0v) is 23.0. The highest BCUT2D eigenvalue weighted by Gasteiger charge is 2.36. The minimum atomic E-state index is -0.735. The largest absolute Gasteiger partial charge is 0.468 e. The van der Waals surface area contributed by atoms with Crippen LogP contribution in [0.25, 0.3) is 0 Å². The third-order valence-electron chi connectivity index (χ3n) is 6.33. The predicted molar refractivity (Wildman–Crippen MR) is 152 cm³/mol. The number of amides is 2. The highest BCUT2D eigenvalue weighted by atomic mass is 35.5. The highest BCUT2D eigenvalue weighted by Crippen LogP contribution is 2.41. The van der Waals surface area contributed by atoms with Crippen molar-refractivity contribution in [3.8, 4) is 6.07 Å². The van der Waals surface area contributed by atoms with Crippen LogP contribution in [0, 0.1) is 32.1 Å². The second kappa shape index (κ2) is 11.6. The maximum Gasteiger partial charge on any atom is 0.254 e. The molecule has 38 heavy (non-hydrogen) atoms. The van der Waals surface area contributed by atoms with E-state index in [4.69, 9.17) is 16.0 Å². The first-order valence-corrected chi connectivity index (χ1v) is 13.3. The van der Waals surface area contributed by atoms with Crippen molar-refractivity contribution >= 4 is 46.6 Å². The average molecular weight is 547 g/mol. The molecule has 9 heteroatoms. The van der Waals surface area contributed by atoms with Crippen molar-refractivity contribution in [3.05, 3.63) is 104 Å². The number of benzene rings is 2. The topological polar surface area (TPSA) is 107 Å². The van der Waals surface area contributed by atoms with Crippen LogP contribution in [-0.2, 0) is 9.59 Å². The molecule has 1 aliphatic heterocycles. The van der Waals surface area contributed by atoms with Gasteiger partial charge < -0.3 is 20.4 Å². The first-order chi connectivity index (χ1) is 18.2. The summed E-state index contributed by atoms with van der Waals surface area (Å²) in [5.74, 6) is -0.810. The molecule has 0 bridgehead atoms. The Labute approximate surface area is 230 Å². The number of nitrogens with zero attached hydrogens (tertiary/aromatic N) is 1. The number of aryl methyl sites for hydroxylation is 2. The second-order valence-electron chi connectivity index (χ2n) is 8.94. The van der Waals surface area contributed by atoms with Gasteiger partial charge in [0, 0.05) is 22.1 Å². The van der Waals surface area contributed by atoms with Crippen LogP contribution in [0.15, 0.2) is 81.1 Å². The third kappa shape index (κ3) is 5.64. The maximum atomic E-state index is 13.6. The number of rotatable bonds is 7. The van der Waals surface area contributed by atoms with Crippen molar-refractivity contribution in [2.45, 2.75) is 33.6 Å². The molecule has 0 aliphatic carbocycles. The van der Waals surface area contributed by atoms with E-state index in [0.29, 0.717) is 38.3 Å². The fraction of sp³-hybridized carbons (Fsp3) is 0.207. The van der Waals surface area contributed by atoms with Gasteiger partial charge in [-0.05, 0) is 68.7 Å². The zero-order chi connectivity index (χ0) is 27.4. The molecule has 0 radical (unpaired) electrons. The van der Waals surface area contributed by atoms with Crippen molar-refractivity contribution < 1.29 is 14.0 Å². The summed E-state index contributed by atoms with van der Waals surface area (Å²) in [4.78, 5) is 26.4. The Hall–Kier alpha value is -3.93. The lowest BCUT2D eigenvalue weighted by molar-refractivity contribution is -0.114. The average Bonchev–Trinajstić information content (AvgIpc) is 3.42. The van der Waals surface area contributed by atoms with Crippen LogP contribution < -0.4 is 16.0 Å². The normalized spacial score (nSPS) is 15.1. The number of hydrogen-bond donors (Lipinski definition) is 3. The Morgan fingerprint density at radius 1 is 1.05 bits per heavy atom. The summed E-state index contributed by atoms with van der Waals surface area (Å²) in [5.41, 5.74) is 5.25. The van der Waals surface area contributed by atoms with E-state index in [1.807, 2.05) is 39.0 Å². The van der Waals surface area contributed by atoms with Crippen molar-refractivity contribution in [1.82, 2.24) is 5.32 Å². The van der Waals surface area contributed by atoms with Gasteiger partial charge in [-0.2, -0.15) is 5.26 Å². The number of nitrogens with one attached hydrogen (secondary N) is 3. The van der Waals surface area contributed by atoms with Gasteiger partial charge in [-0.1, -0.05) is 47.6 Å². The molecule has 1 aromatic heterocycles. The monoisotopic (exact) mass is 546 g/mol. The number of anilines is 2. The van der Waals surface area contributed by atoms with Crippen LogP contribution in [0.1, 0.15) is 35.3 Å². The summed E-state index contributed by atoms with van der Waals surface area (Å²) in [6.45, 7) is 7.47. The van der Waals surface area contributed by atoms with Gasteiger partial charge in [0.15, 0.2) is 0 Å². The van der Waals surface area contributed by atoms with E-state index in [9.17, 15) is 14.9 Å². The Kier molecular flexibility index (Phi) is 8.30. The smallest absolute Gasteiger partial charge is 0.254 e. The maximum absolute atomic E-state index is 13.6. The van der Waals surface area contributed by atoms with E-state index in [-0.39, 0.29) is 17.6 Å². The van der Waals surface area contributed by atoms with Gasteiger partial charge in [0.05, 0.1) is 40.2 Å². The molecule has 0 saturated heterocycles. The van der Waals surface area contributed by atoms with Crippen LogP contribution in [-0.4, -0.2) is 17.6 Å². The summed E-state index contributed by atoms with van der Waals surface area (Å²) in [6, 6.07) is 16.8. The van der Waals surface area contributed by atoms with E-state index in [0.717, 1.165) is 22.4 Å². The molecule has 1 atom stereocenters. The second-order valence-corrected chi connectivity index (χ2v) is 10.3. The van der Waals surface area contributed by atoms with Crippen LogP contribution in [0.5, 0.6) is 0 Å². The molecule has 2 heterocycles. The lowest BCUT2D eigenvalue weighted by Gasteiger charge is -2.28. The minimum absolute atomic E-state index is 0.0432. The van der Waals surface area contributed by atoms with E-state index in [1.165, 1.54) is 18.0 Å². The summed E-state index contributed by atoms with van der Waals surface area (Å²) >= 11 is 7.35. The Bertz CT molecular complexity index is 1480. The molecule has 0 saturated carbocycles. The molecule has 3 N–H and O–H groups in total. The standard InChI is InChI=1S/C29H27ClN4O3S/c1-16-8-5-9-17(2)27(16)34-28(36)25-19(4)32-29(20(14-31)26(25)23-12-7-13-37-23)38-15-24(35)33-22-11-6-10-21(30)18(22)3/h5-13,26,32H,15H2,1-4H3,(H,33,35)(H,34,36)/t26-/m1/s1. The number of halogens is 1. The van der Waals surface area contributed by atoms with Gasteiger partial charge in [-0.15, -0.1) is 0 Å². The SMILES string of the molecule is CC1=C(C(=O)Nc2c(C)cccc2C)[C@@H](c2ccco2)C(C#N)=C(SCC(=O)Nc2cccc(Cl)c2C)N1. The van der Waals surface area contributed by atoms with E-state index in [1.54, 1.807) is 37.3 Å². The molecule has 0 unspecified atom stereocenters. The predicted octanol–water partition coefficient (Wildman–Crippen LogP) is 6.56. The summed E-state index contributed by atoms with van der Waals surface area (Å²) in [6.07, 6.45) is 1.51. The number of para-hydroxylation sites is 1. The van der Waals surface area contributed by atoms with E-state index < -0.39 is 5.92 Å². The van der Waals surface area contributed by atoms with E-state index in [2.05, 4.69) is 22.0 Å². The lowest BCUT2D eigenvalue weighted by Crippen LogP contribution is -2.31. The first-order valence-electron chi connectivity index (χ1n) is 11.9. The number of carbonyl (C=O) groups is 2. The summed E-state index contributed by atoms with van der Waals surface area (Å²) in [7, 11) is 0. The van der Waals surface area contributed by atoms with Gasteiger partial charge in [-0.3, -0.25) is 9.59 Å². The van der Waals surface area contributed by atoms with Crippen LogP contribution in [0.4, 0.5) is 11.4 Å². The number of carbonyl (C=O) groups excluding carboxylic acids is 2. The van der Waals surface area contributed by atoms with Gasteiger partial charge >= 0.3 is 0 Å². The molecule has 2 amide bonds. The van der Waals surface area contributed by atoms with Crippen molar-refractivity contribution in [1.29, 1.82) is 5.26 Å². The number of furan rings is 1. The molecule has 1 aliphatic rings. The molecule has 4 rings (SSSR count). The fourth-order valence-corrected chi connectivity index (χ4v) is 5.39. The zero-order valence-electron chi connectivity index (χ0n) is 21.4. The molecule has 7 nitrogen and oxygen atoms in total. The molecule has 0 fully saturated rings. The number of dihydropyridines is 1. The summed E-state index contributed by atoms with van der Waals surface area (Å²) in [5, 5.41) is 20.3. The van der Waals surface area contributed by atoms with Gasteiger partial charge in [0.1, 0.15) is 5.76 Å². The molecule has 2 aromatic carbocycles. The van der Waals surface area contributed by atoms with Gasteiger partial charge in [-0.25, -0.2) is 0 Å². The molecule has 3 aromatic rings. The number of nitriles is 1. The Balaban J connectivity index is 1.61. The third-order valence-corrected chi connectivity index (χ3v) is 7.76. The van der Waals surface area contributed by atoms with Gasteiger partial charge in [0.2, 0.25) is 5.91 Å². The first kappa shape index (κ1) is 27.1.